The Morgan fingerprint density at radius 3 is 1.25 bits per heavy atom. The van der Waals surface area contributed by atoms with Gasteiger partial charge < -0.3 is 0 Å². The fourth-order valence-corrected chi connectivity index (χ4v) is 0. The zero-order valence-electron chi connectivity index (χ0n) is 1.56. The molecule has 0 aromatic heterocycles. The summed E-state index contributed by atoms with van der Waals surface area (Å²) < 4.78 is 8.26. The van der Waals surface area contributed by atoms with Crippen molar-refractivity contribution in [3.63, 3.8) is 0 Å². The van der Waals surface area contributed by atoms with Crippen molar-refractivity contribution in [2.45, 2.75) is 0 Å². The molecule has 0 atom stereocenters. The van der Waals surface area contributed by atoms with Gasteiger partial charge in [-0.3, -0.25) is 0 Å². The van der Waals surface area contributed by atoms with Crippen molar-refractivity contribution in [1.29, 1.82) is 0 Å². The van der Waals surface area contributed by atoms with Crippen molar-refractivity contribution in [2.24, 2.45) is 0 Å². The molecule has 0 N–H and O–H groups in total. The van der Waals surface area contributed by atoms with Gasteiger partial charge in [0.2, 0.25) is 0 Å². The van der Waals surface area contributed by atoms with E-state index in [-0.39, 0.29) is 37.8 Å². The SMILES string of the molecule is O=[Te].[Co].[Mo]. The number of hydrogen-bond donors (Lipinski definition) is 0. The van der Waals surface area contributed by atoms with Crippen molar-refractivity contribution >= 4 is 22.3 Å². The maximum Gasteiger partial charge on any atom is 0 e. The Morgan fingerprint density at radius 1 is 1.25 bits per heavy atom. The van der Waals surface area contributed by atoms with Crippen LogP contribution in [0.3, 0.4) is 0 Å². The van der Waals surface area contributed by atoms with Crippen LogP contribution in [0.5, 0.6) is 0 Å². The third-order valence-corrected chi connectivity index (χ3v) is 0. The van der Waals surface area contributed by atoms with Crippen LogP contribution in [0.25, 0.3) is 0 Å². The zero-order chi connectivity index (χ0) is 2.00. The van der Waals surface area contributed by atoms with Gasteiger partial charge in [-0.25, -0.2) is 0 Å². The van der Waals surface area contributed by atoms with Gasteiger partial charge in [-0.2, -0.15) is 0 Å². The van der Waals surface area contributed by atoms with Gasteiger partial charge >= 0.3 is 25.4 Å². The minimum absolute atomic E-state index is 0. The standard InChI is InChI=1S/Co.Mo.OTe/c;;1-2. The number of hydrogen-bond acceptors (Lipinski definition) is 1. The first-order valence-electron chi connectivity index (χ1n) is 0.167. The molecule has 0 amide bonds. The van der Waals surface area contributed by atoms with Crippen LogP contribution in [0.4, 0.5) is 0 Å². The summed E-state index contributed by atoms with van der Waals surface area (Å²) >= 11 is 0.700. The average molecular weight is 298 g/mol. The van der Waals surface area contributed by atoms with E-state index in [1.165, 1.54) is 0 Å². The van der Waals surface area contributed by atoms with Gasteiger partial charge in [-0.1, -0.05) is 0 Å². The second-order valence-electron chi connectivity index (χ2n) is 0. The first kappa shape index (κ1) is 17.1. The average Bonchev–Trinajstić information content (AvgIpc) is 1.00. The molecule has 0 spiro atoms. The van der Waals surface area contributed by atoms with Crippen LogP contribution in [-0.2, 0) is 40.9 Å². The quantitative estimate of drug-likeness (QED) is 0.551. The van der Waals surface area contributed by atoms with E-state index in [0.717, 1.165) is 0 Å². The van der Waals surface area contributed by atoms with Gasteiger partial charge in [0.25, 0.3) is 0 Å². The molecule has 0 bridgehead atoms. The third kappa shape index (κ3) is 9.21. The van der Waals surface area contributed by atoms with Crippen LogP contribution in [0, 0.1) is 0 Å². The molecule has 0 rings (SSSR count). The van der Waals surface area contributed by atoms with E-state index in [0.29, 0.717) is 22.3 Å². The van der Waals surface area contributed by atoms with Gasteiger partial charge in [0.05, 0.1) is 0 Å². The molecular weight excluding hydrogens is 298 g/mol. The van der Waals surface area contributed by atoms with Crippen molar-refractivity contribution in [2.75, 3.05) is 0 Å². The summed E-state index contributed by atoms with van der Waals surface area (Å²) in [6, 6.07) is 0. The first-order chi connectivity index (χ1) is 1.00. The normalized spacial score (nSPS) is 1.00. The summed E-state index contributed by atoms with van der Waals surface area (Å²) in [5, 5.41) is 0. The molecule has 0 aliphatic rings. The van der Waals surface area contributed by atoms with E-state index in [1.807, 2.05) is 0 Å². The predicted octanol–water partition coefficient (Wildman–Crippen LogP) is -0.505. The first-order valence-corrected chi connectivity index (χ1v) is 1.12. The molecule has 27 valence electrons. The van der Waals surface area contributed by atoms with Gasteiger partial charge in [-0.15, -0.1) is 0 Å². The fraction of sp³-hybridized carbons (Fsp3) is 0. The van der Waals surface area contributed by atoms with Crippen molar-refractivity contribution in [3.05, 3.63) is 0 Å². The maximum atomic E-state index is 8.26. The van der Waals surface area contributed by atoms with E-state index in [9.17, 15) is 0 Å². The summed E-state index contributed by atoms with van der Waals surface area (Å²) in [5.41, 5.74) is 0. The summed E-state index contributed by atoms with van der Waals surface area (Å²) in [6.45, 7) is 0. The van der Waals surface area contributed by atoms with E-state index < -0.39 is 0 Å². The van der Waals surface area contributed by atoms with E-state index in [4.69, 9.17) is 3.10 Å². The Kier molecular flexibility index (Phi) is 91.9. The Hall–Kier alpha value is 1.78. The molecule has 0 aliphatic carbocycles. The Labute approximate surface area is 62.6 Å². The molecular formula is CoMoOTe. The van der Waals surface area contributed by atoms with Crippen molar-refractivity contribution in [1.82, 2.24) is 0 Å². The van der Waals surface area contributed by atoms with Crippen molar-refractivity contribution < 1.29 is 40.9 Å². The fourth-order valence-electron chi connectivity index (χ4n) is 0. The Bertz CT molecular complexity index is 8.00. The molecule has 0 saturated heterocycles. The van der Waals surface area contributed by atoms with Gasteiger partial charge in [0, 0.05) is 37.8 Å². The van der Waals surface area contributed by atoms with Crippen LogP contribution in [0.2, 0.25) is 0 Å². The second kappa shape index (κ2) is 21.5. The molecule has 0 fully saturated rings. The molecule has 1 nitrogen and oxygen atoms in total. The summed E-state index contributed by atoms with van der Waals surface area (Å²) in [4.78, 5) is 0. The maximum absolute atomic E-state index is 8.26. The Morgan fingerprint density at radius 2 is 1.25 bits per heavy atom. The topological polar surface area (TPSA) is 17.1 Å². The molecule has 0 saturated carbocycles. The smallest absolute Gasteiger partial charge is 0 e. The molecule has 0 unspecified atom stereocenters. The van der Waals surface area contributed by atoms with E-state index >= 15 is 0 Å². The number of rotatable bonds is 0. The summed E-state index contributed by atoms with van der Waals surface area (Å²) in [6.07, 6.45) is 0. The molecule has 4 heavy (non-hydrogen) atoms. The minimum atomic E-state index is 0. The summed E-state index contributed by atoms with van der Waals surface area (Å²) in [7, 11) is 0. The Balaban J connectivity index is -0.00000000500. The second-order valence-corrected chi connectivity index (χ2v) is 0. The molecule has 0 heterocycles. The summed E-state index contributed by atoms with van der Waals surface area (Å²) in [5.74, 6) is 0. The molecule has 0 aromatic rings. The molecule has 1 radical (unpaired) electrons. The zero-order valence-corrected chi connectivity index (χ0v) is 6.94. The van der Waals surface area contributed by atoms with Crippen LogP contribution < -0.4 is 0 Å². The minimum Gasteiger partial charge on any atom is 0 e. The van der Waals surface area contributed by atoms with Crippen LogP contribution in [-0.4, -0.2) is 22.3 Å². The van der Waals surface area contributed by atoms with E-state index in [1.54, 1.807) is 0 Å². The molecule has 4 heteroatoms. The van der Waals surface area contributed by atoms with Crippen LogP contribution in [0.15, 0.2) is 0 Å². The van der Waals surface area contributed by atoms with E-state index in [2.05, 4.69) is 0 Å². The van der Waals surface area contributed by atoms with Crippen LogP contribution in [0.1, 0.15) is 0 Å². The van der Waals surface area contributed by atoms with Gasteiger partial charge in [-0.05, 0) is 0 Å². The van der Waals surface area contributed by atoms with Gasteiger partial charge in [0.1, 0.15) is 0 Å². The molecule has 0 aromatic carbocycles. The monoisotopic (exact) mass is 303 g/mol. The largest absolute Gasteiger partial charge is 0 e. The third-order valence-electron chi connectivity index (χ3n) is 0. The van der Waals surface area contributed by atoms with Crippen LogP contribution >= 0.6 is 0 Å². The van der Waals surface area contributed by atoms with Crippen molar-refractivity contribution in [3.8, 4) is 0 Å². The van der Waals surface area contributed by atoms with Gasteiger partial charge in [0.15, 0.2) is 0 Å². The predicted molar refractivity (Wildman–Crippen MR) is 6.44 cm³/mol. The molecule has 0 aliphatic heterocycles.